The lowest BCUT2D eigenvalue weighted by Crippen LogP contribution is -2.33. The van der Waals surface area contributed by atoms with E-state index in [1.165, 1.54) is 0 Å². The van der Waals surface area contributed by atoms with Gasteiger partial charge in [0.15, 0.2) is 0 Å². The highest BCUT2D eigenvalue weighted by molar-refractivity contribution is 5.70. The summed E-state index contributed by atoms with van der Waals surface area (Å²) in [6.07, 6.45) is -4.21. The van der Waals surface area contributed by atoms with Gasteiger partial charge in [-0.25, -0.2) is 4.68 Å². The van der Waals surface area contributed by atoms with Crippen molar-refractivity contribution in [1.29, 1.82) is 5.26 Å². The van der Waals surface area contributed by atoms with Crippen LogP contribution in [0.4, 0.5) is 13.2 Å². The molecule has 3 aromatic rings. The van der Waals surface area contributed by atoms with Gasteiger partial charge in [0.05, 0.1) is 18.2 Å². The molecule has 0 amide bonds. The number of hydrogen-bond acceptors (Lipinski definition) is 4. The van der Waals surface area contributed by atoms with Crippen molar-refractivity contribution in [3.8, 4) is 17.2 Å². The summed E-state index contributed by atoms with van der Waals surface area (Å²) in [4.78, 5) is 25.4. The molecule has 3 rings (SSSR count). The molecule has 0 saturated carbocycles. The molecule has 2 aromatic carbocycles. The number of halogens is 3. The molecule has 0 aliphatic rings. The van der Waals surface area contributed by atoms with Gasteiger partial charge in [-0.3, -0.25) is 14.3 Å². The van der Waals surface area contributed by atoms with Gasteiger partial charge in [0.25, 0.3) is 5.56 Å². The number of hydrogen-bond donors (Lipinski definition) is 0. The Balaban J connectivity index is 2.06. The molecule has 0 atom stereocenters. The van der Waals surface area contributed by atoms with E-state index in [4.69, 9.17) is 4.74 Å². The maximum atomic E-state index is 13.4. The molecule has 0 fully saturated rings. The van der Waals surface area contributed by atoms with E-state index < -0.39 is 30.8 Å². The SMILES string of the molecule is CCOC(=O)Cn1c(CC(C)C)c(Cc2ccc(-c3ccccc3C#N)cc2)c(=O)n1CC(F)(F)F. The summed E-state index contributed by atoms with van der Waals surface area (Å²) < 4.78 is 46.8. The summed E-state index contributed by atoms with van der Waals surface area (Å²) in [6.45, 7) is 3.50. The Morgan fingerprint density at radius 1 is 1.08 bits per heavy atom. The van der Waals surface area contributed by atoms with Gasteiger partial charge in [-0.1, -0.05) is 56.3 Å². The highest BCUT2D eigenvalue weighted by Gasteiger charge is 2.33. The number of nitriles is 1. The average molecular weight is 500 g/mol. The lowest BCUT2D eigenvalue weighted by atomic mass is 9.96. The Bertz CT molecular complexity index is 1310. The van der Waals surface area contributed by atoms with E-state index >= 15 is 0 Å². The summed E-state index contributed by atoms with van der Waals surface area (Å²) in [5.41, 5.74) is 2.67. The van der Waals surface area contributed by atoms with Gasteiger partial charge in [0, 0.05) is 17.7 Å². The van der Waals surface area contributed by atoms with Crippen molar-refractivity contribution in [1.82, 2.24) is 9.36 Å². The summed E-state index contributed by atoms with van der Waals surface area (Å²) in [6, 6.07) is 16.5. The van der Waals surface area contributed by atoms with E-state index in [-0.39, 0.29) is 24.5 Å². The van der Waals surface area contributed by atoms with E-state index in [0.29, 0.717) is 22.4 Å². The molecule has 0 N–H and O–H groups in total. The van der Waals surface area contributed by atoms with Crippen molar-refractivity contribution in [2.45, 2.75) is 52.9 Å². The maximum Gasteiger partial charge on any atom is 0.408 e. The van der Waals surface area contributed by atoms with Crippen LogP contribution in [0.5, 0.6) is 0 Å². The zero-order chi connectivity index (χ0) is 26.5. The van der Waals surface area contributed by atoms with Crippen LogP contribution < -0.4 is 5.56 Å². The fraction of sp³-hybridized carbons (Fsp3) is 0.370. The molecule has 36 heavy (non-hydrogen) atoms. The molecule has 9 heteroatoms. The minimum Gasteiger partial charge on any atom is -0.465 e. The molecular weight excluding hydrogens is 471 g/mol. The van der Waals surface area contributed by atoms with E-state index in [0.717, 1.165) is 21.4 Å². The minimum absolute atomic E-state index is 0.0307. The van der Waals surface area contributed by atoms with Gasteiger partial charge < -0.3 is 4.74 Å². The first-order valence-electron chi connectivity index (χ1n) is 11.7. The molecule has 0 spiro atoms. The van der Waals surface area contributed by atoms with Gasteiger partial charge in [0.1, 0.15) is 13.1 Å². The van der Waals surface area contributed by atoms with Crippen molar-refractivity contribution >= 4 is 5.97 Å². The number of ether oxygens (including phenoxy) is 1. The van der Waals surface area contributed by atoms with Gasteiger partial charge in [-0.05, 0) is 42.0 Å². The first-order chi connectivity index (χ1) is 17.0. The first kappa shape index (κ1) is 26.8. The van der Waals surface area contributed by atoms with Crippen LogP contribution in [-0.4, -0.2) is 28.1 Å². The number of benzene rings is 2. The second kappa shape index (κ2) is 11.3. The van der Waals surface area contributed by atoms with Crippen molar-refractivity contribution in [2.24, 2.45) is 5.92 Å². The Hall–Kier alpha value is -3.80. The van der Waals surface area contributed by atoms with E-state index in [1.807, 2.05) is 38.1 Å². The van der Waals surface area contributed by atoms with Crippen molar-refractivity contribution in [2.75, 3.05) is 6.61 Å². The van der Waals surface area contributed by atoms with Crippen LogP contribution in [-0.2, 0) is 35.5 Å². The molecule has 1 aromatic heterocycles. The van der Waals surface area contributed by atoms with Crippen LogP contribution >= 0.6 is 0 Å². The van der Waals surface area contributed by atoms with Gasteiger partial charge >= 0.3 is 12.1 Å². The molecule has 0 aliphatic heterocycles. The third-order valence-corrected chi connectivity index (χ3v) is 5.65. The fourth-order valence-electron chi connectivity index (χ4n) is 4.16. The smallest absolute Gasteiger partial charge is 0.408 e. The predicted molar refractivity (Wildman–Crippen MR) is 129 cm³/mol. The number of nitrogens with zero attached hydrogens (tertiary/aromatic N) is 3. The molecule has 1 heterocycles. The Labute approximate surface area is 207 Å². The molecule has 6 nitrogen and oxygen atoms in total. The van der Waals surface area contributed by atoms with Gasteiger partial charge in [0.2, 0.25) is 0 Å². The second-order valence-electron chi connectivity index (χ2n) is 8.89. The third-order valence-electron chi connectivity index (χ3n) is 5.65. The van der Waals surface area contributed by atoms with E-state index in [9.17, 15) is 28.0 Å². The second-order valence-corrected chi connectivity index (χ2v) is 8.89. The summed E-state index contributed by atoms with van der Waals surface area (Å²) >= 11 is 0. The average Bonchev–Trinajstić information content (AvgIpc) is 3.03. The molecular formula is C27H28F3N3O3. The summed E-state index contributed by atoms with van der Waals surface area (Å²) in [5.74, 6) is -0.677. The number of carbonyl (C=O) groups excluding carboxylic acids is 1. The highest BCUT2D eigenvalue weighted by atomic mass is 19.4. The van der Waals surface area contributed by atoms with Crippen LogP contribution in [0.3, 0.4) is 0 Å². The largest absolute Gasteiger partial charge is 0.465 e. The molecule has 0 unspecified atom stereocenters. The Kier molecular flexibility index (Phi) is 8.41. The minimum atomic E-state index is -4.64. The van der Waals surface area contributed by atoms with Crippen molar-refractivity contribution < 1.29 is 22.7 Å². The number of esters is 1. The lowest BCUT2D eigenvalue weighted by Gasteiger charge is -2.17. The monoisotopic (exact) mass is 499 g/mol. The summed E-state index contributed by atoms with van der Waals surface area (Å²) in [7, 11) is 0. The van der Waals surface area contributed by atoms with E-state index in [2.05, 4.69) is 6.07 Å². The normalized spacial score (nSPS) is 11.5. The first-order valence-corrected chi connectivity index (χ1v) is 11.7. The standard InChI is InChI=1S/C27H28F3N3O3/c1-4-36-25(34)16-32-24(13-18(2)3)23(26(35)33(32)17-27(28,29)30)14-19-9-11-20(12-10-19)22-8-6-5-7-21(22)15-31/h5-12,18H,4,13-14,16-17H2,1-3H3. The molecule has 0 radical (unpaired) electrons. The van der Waals surface area contributed by atoms with Crippen LogP contribution in [0.1, 0.15) is 43.2 Å². The maximum absolute atomic E-state index is 13.4. The number of alkyl halides is 3. The lowest BCUT2D eigenvalue weighted by molar-refractivity contribution is -0.150. The molecule has 0 aliphatic carbocycles. The Morgan fingerprint density at radius 3 is 2.33 bits per heavy atom. The summed E-state index contributed by atoms with van der Waals surface area (Å²) in [5, 5.41) is 9.36. The van der Waals surface area contributed by atoms with Gasteiger partial charge in [-0.15, -0.1) is 0 Å². The van der Waals surface area contributed by atoms with Crippen molar-refractivity contribution in [3.63, 3.8) is 0 Å². The number of rotatable bonds is 9. The third kappa shape index (κ3) is 6.45. The predicted octanol–water partition coefficient (Wildman–Crippen LogP) is 5.10. The van der Waals surface area contributed by atoms with Crippen LogP contribution in [0.2, 0.25) is 0 Å². The fourth-order valence-corrected chi connectivity index (χ4v) is 4.16. The van der Waals surface area contributed by atoms with Crippen LogP contribution in [0.15, 0.2) is 53.3 Å². The van der Waals surface area contributed by atoms with Crippen LogP contribution in [0, 0.1) is 17.2 Å². The topological polar surface area (TPSA) is 77.0 Å². The Morgan fingerprint density at radius 2 is 1.75 bits per heavy atom. The number of aromatic nitrogens is 2. The molecule has 190 valence electrons. The van der Waals surface area contributed by atoms with Gasteiger partial charge in [-0.2, -0.15) is 18.4 Å². The zero-order valence-corrected chi connectivity index (χ0v) is 20.4. The number of carbonyl (C=O) groups is 1. The highest BCUT2D eigenvalue weighted by Crippen LogP contribution is 2.25. The van der Waals surface area contributed by atoms with E-state index in [1.54, 1.807) is 31.2 Å². The molecule has 0 saturated heterocycles. The van der Waals surface area contributed by atoms with Crippen LogP contribution in [0.25, 0.3) is 11.1 Å². The molecule has 0 bridgehead atoms. The van der Waals surface area contributed by atoms with Crippen molar-refractivity contribution in [3.05, 3.63) is 81.3 Å². The quantitative estimate of drug-likeness (QED) is 0.384. The zero-order valence-electron chi connectivity index (χ0n) is 20.4.